The maximum absolute atomic E-state index is 14.1. The number of fused-ring (bicyclic) bond motifs is 4. The van der Waals surface area contributed by atoms with Crippen molar-refractivity contribution in [2.75, 3.05) is 53.0 Å². The van der Waals surface area contributed by atoms with E-state index in [2.05, 4.69) is 33.5 Å². The van der Waals surface area contributed by atoms with Crippen molar-refractivity contribution in [2.45, 2.75) is 111 Å². The molecule has 71 heavy (non-hydrogen) atoms. The molecule has 2 saturated heterocycles. The molecule has 376 valence electrons. The topological polar surface area (TPSA) is 166 Å². The highest BCUT2D eigenvalue weighted by Gasteiger charge is 2.35. The van der Waals surface area contributed by atoms with Crippen molar-refractivity contribution < 1.29 is 23.9 Å². The van der Waals surface area contributed by atoms with Crippen molar-refractivity contribution in [2.24, 2.45) is 16.8 Å². The summed E-state index contributed by atoms with van der Waals surface area (Å²) in [5, 5.41) is 10.8. The molecule has 4 aliphatic heterocycles. The van der Waals surface area contributed by atoms with Gasteiger partial charge < -0.3 is 28.7 Å². The minimum Gasteiger partial charge on any atom is -0.468 e. The van der Waals surface area contributed by atoms with Crippen molar-refractivity contribution in [1.82, 2.24) is 38.6 Å². The molecule has 0 radical (unpaired) electrons. The van der Waals surface area contributed by atoms with Crippen LogP contribution in [0, 0.1) is 32.6 Å². The summed E-state index contributed by atoms with van der Waals surface area (Å²) in [5.74, 6) is 1.93. The minimum atomic E-state index is -0.580. The van der Waals surface area contributed by atoms with Crippen molar-refractivity contribution >= 4 is 46.6 Å². The number of methoxy groups -OCH3 is 1. The summed E-state index contributed by atoms with van der Waals surface area (Å²) in [6, 6.07) is 12.1. The van der Waals surface area contributed by atoms with E-state index >= 15 is 0 Å². The number of likely N-dealkylation sites (tertiary alicyclic amines) is 2. The highest BCUT2D eigenvalue weighted by Crippen LogP contribution is 2.40. The maximum atomic E-state index is 14.1. The van der Waals surface area contributed by atoms with Gasteiger partial charge in [-0.25, -0.2) is 4.79 Å². The Morgan fingerprint density at radius 3 is 2.35 bits per heavy atom. The normalized spacial score (nSPS) is 18.0. The summed E-state index contributed by atoms with van der Waals surface area (Å²) in [6.07, 6.45) is 7.37. The molecule has 18 heteroatoms. The Hall–Kier alpha value is -5.91. The van der Waals surface area contributed by atoms with Gasteiger partial charge in [-0.3, -0.25) is 33.3 Å². The SMILES string of the molecule is CCC(C)c1cc2c(n(-c3ccc(=O)n(CC(=O)OC)c3)c1=O)CN(C(=O)OCCC1CCN(CC3CCN(C(=O)C[C@@H]4N=C(c5ccc(Cl)cc5)c5c(sc(C)c5C)-n5c(C)nnc54)CC3)CC1)CC2. The number of aryl methyl sites for hydroxylation is 2. The van der Waals surface area contributed by atoms with Gasteiger partial charge in [0.1, 0.15) is 23.4 Å². The Kier molecular flexibility index (Phi) is 15.1. The second-order valence-corrected chi connectivity index (χ2v) is 21.3. The zero-order valence-electron chi connectivity index (χ0n) is 41.6. The zero-order chi connectivity index (χ0) is 50.1. The first-order valence-electron chi connectivity index (χ1n) is 25.0. The predicted octanol–water partition coefficient (Wildman–Crippen LogP) is 7.72. The van der Waals surface area contributed by atoms with Crippen molar-refractivity contribution in [3.05, 3.63) is 124 Å². The molecule has 2 fully saturated rings. The number of hydrogen-bond acceptors (Lipinski definition) is 12. The van der Waals surface area contributed by atoms with Crippen LogP contribution >= 0.6 is 22.9 Å². The molecular formula is C53H64ClN9O7S. The van der Waals surface area contributed by atoms with Crippen molar-refractivity contribution in [3.8, 4) is 10.7 Å². The van der Waals surface area contributed by atoms with Crippen LogP contribution in [0.1, 0.15) is 121 Å². The molecule has 5 aromatic rings. The van der Waals surface area contributed by atoms with Crippen LogP contribution in [0.5, 0.6) is 0 Å². The number of ether oxygens (including phenoxy) is 2. The molecule has 0 spiro atoms. The summed E-state index contributed by atoms with van der Waals surface area (Å²) >= 11 is 8.00. The molecule has 4 aliphatic rings. The van der Waals surface area contributed by atoms with Crippen molar-refractivity contribution in [3.63, 3.8) is 0 Å². The molecule has 2 atom stereocenters. The molecule has 9 rings (SSSR count). The van der Waals surface area contributed by atoms with Gasteiger partial charge in [0.2, 0.25) is 5.91 Å². The van der Waals surface area contributed by atoms with Crippen LogP contribution in [-0.2, 0) is 38.6 Å². The second kappa shape index (κ2) is 21.4. The molecule has 0 saturated carbocycles. The number of hydrogen-bond donors (Lipinski definition) is 0. The van der Waals surface area contributed by atoms with Gasteiger partial charge >= 0.3 is 12.1 Å². The molecule has 0 aliphatic carbocycles. The van der Waals surface area contributed by atoms with Gasteiger partial charge in [-0.15, -0.1) is 21.5 Å². The standard InChI is InChI=1S/C53H64ClN9O7S/c1-7-32(2)42-26-39-18-24-60(30-44(39)63(51(42)67)41-12-13-45(64)61(29-41)31-47(66)69-6)53(68)70-25-19-36-14-20-58(21-15-36)28-37-16-22-59(23-17-37)46(65)27-43-50-57-56-35(5)62(50)52-48(33(3)34(4)71-52)49(55-43)38-8-10-40(54)11-9-38/h8-13,26,29,32,36-37,43H,7,14-25,27-28,30-31H2,1-6H3/t32?,43-/m0/s1. The second-order valence-electron chi connectivity index (χ2n) is 19.7. The van der Waals surface area contributed by atoms with Crippen LogP contribution in [0.3, 0.4) is 0 Å². The van der Waals surface area contributed by atoms with Gasteiger partial charge in [-0.05, 0) is 132 Å². The van der Waals surface area contributed by atoms with Gasteiger partial charge in [0.05, 0.1) is 38.1 Å². The number of nitrogens with zero attached hydrogens (tertiary/aromatic N) is 9. The number of carbonyl (C=O) groups excluding carboxylic acids is 3. The first kappa shape index (κ1) is 50.0. The van der Waals surface area contributed by atoms with Crippen LogP contribution in [-0.4, -0.2) is 115 Å². The maximum Gasteiger partial charge on any atom is 0.410 e. The lowest BCUT2D eigenvalue weighted by Gasteiger charge is -2.38. The largest absolute Gasteiger partial charge is 0.468 e. The third-order valence-corrected chi connectivity index (χ3v) is 16.7. The Balaban J connectivity index is 0.757. The minimum absolute atomic E-state index is 0.00165. The van der Waals surface area contributed by atoms with E-state index in [9.17, 15) is 24.0 Å². The van der Waals surface area contributed by atoms with E-state index < -0.39 is 23.7 Å². The van der Waals surface area contributed by atoms with Gasteiger partial charge in [0.15, 0.2) is 5.82 Å². The van der Waals surface area contributed by atoms with Gasteiger partial charge in [0.25, 0.3) is 11.1 Å². The summed E-state index contributed by atoms with van der Waals surface area (Å²) in [6.45, 7) is 15.3. The third kappa shape index (κ3) is 10.5. The molecule has 1 aromatic carbocycles. The fourth-order valence-corrected chi connectivity index (χ4v) is 12.0. The van der Waals surface area contributed by atoms with Crippen LogP contribution in [0.25, 0.3) is 10.7 Å². The number of carbonyl (C=O) groups is 3. The number of thiophene rings is 1. The van der Waals surface area contributed by atoms with E-state index in [1.54, 1.807) is 26.9 Å². The highest BCUT2D eigenvalue weighted by atomic mass is 35.5. The number of rotatable bonds is 13. The number of pyridine rings is 2. The van der Waals surface area contributed by atoms with Crippen LogP contribution in [0.15, 0.2) is 63.2 Å². The smallest absolute Gasteiger partial charge is 0.410 e. The van der Waals surface area contributed by atoms with Gasteiger partial charge in [0, 0.05) is 70.7 Å². The van der Waals surface area contributed by atoms with Crippen LogP contribution < -0.4 is 11.1 Å². The summed E-state index contributed by atoms with van der Waals surface area (Å²) in [4.78, 5) is 79.3. The molecule has 4 aromatic heterocycles. The number of halogens is 1. The molecule has 1 unspecified atom stereocenters. The highest BCUT2D eigenvalue weighted by molar-refractivity contribution is 7.15. The Bertz CT molecular complexity index is 2960. The van der Waals surface area contributed by atoms with E-state index in [4.69, 9.17) is 26.1 Å². The van der Waals surface area contributed by atoms with Crippen LogP contribution in [0.4, 0.5) is 4.79 Å². The summed E-state index contributed by atoms with van der Waals surface area (Å²) in [7, 11) is 1.26. The molecule has 2 amide bonds. The number of piperidine rings is 2. The average Bonchev–Trinajstić information content (AvgIpc) is 3.85. The van der Waals surface area contributed by atoms with E-state index in [-0.39, 0.29) is 36.9 Å². The molecule has 8 heterocycles. The number of benzene rings is 1. The van der Waals surface area contributed by atoms with E-state index in [1.807, 2.05) is 56.0 Å². The summed E-state index contributed by atoms with van der Waals surface area (Å²) < 4.78 is 15.6. The molecule has 0 N–H and O–H groups in total. The van der Waals surface area contributed by atoms with E-state index in [0.29, 0.717) is 72.3 Å². The number of esters is 1. The van der Waals surface area contributed by atoms with E-state index in [0.717, 1.165) is 97.0 Å². The lowest BCUT2D eigenvalue weighted by atomic mass is 9.91. The number of aromatic nitrogens is 5. The van der Waals surface area contributed by atoms with Crippen molar-refractivity contribution in [1.29, 1.82) is 0 Å². The lowest BCUT2D eigenvalue weighted by Crippen LogP contribution is -2.43. The quantitative estimate of drug-likeness (QED) is 0.107. The Morgan fingerprint density at radius 1 is 0.901 bits per heavy atom. The monoisotopic (exact) mass is 1010 g/mol. The summed E-state index contributed by atoms with van der Waals surface area (Å²) in [5.41, 5.74) is 6.14. The Morgan fingerprint density at radius 2 is 1.63 bits per heavy atom. The molecule has 0 bridgehead atoms. The third-order valence-electron chi connectivity index (χ3n) is 15.2. The van der Waals surface area contributed by atoms with E-state index in [1.165, 1.54) is 28.8 Å². The average molecular weight is 1010 g/mol. The number of amides is 2. The first-order chi connectivity index (χ1) is 34.2. The van der Waals surface area contributed by atoms with Gasteiger partial charge in [-0.1, -0.05) is 37.6 Å². The zero-order valence-corrected chi connectivity index (χ0v) is 43.2. The fourth-order valence-electron chi connectivity index (χ4n) is 10.6. The molecular weight excluding hydrogens is 942 g/mol. The molecule has 16 nitrogen and oxygen atoms in total. The lowest BCUT2D eigenvalue weighted by molar-refractivity contribution is -0.141. The predicted molar refractivity (Wildman–Crippen MR) is 273 cm³/mol. The van der Waals surface area contributed by atoms with Gasteiger partial charge in [-0.2, -0.15) is 0 Å². The fraction of sp³-hybridized carbons (Fsp3) is 0.509. The first-order valence-corrected chi connectivity index (χ1v) is 26.2. The van der Waals surface area contributed by atoms with Crippen LogP contribution in [0.2, 0.25) is 5.02 Å². The Labute approximate surface area is 423 Å². The number of aliphatic imine (C=N–C) groups is 1.